The number of carbonyl (C=O) groups is 1. The van der Waals surface area contributed by atoms with Gasteiger partial charge in [0, 0.05) is 21.5 Å². The van der Waals surface area contributed by atoms with Gasteiger partial charge < -0.3 is 14.0 Å². The van der Waals surface area contributed by atoms with Crippen molar-refractivity contribution in [2.45, 2.75) is 0 Å². The average molecular weight is 467 g/mol. The van der Waals surface area contributed by atoms with E-state index in [1.807, 2.05) is 22.6 Å². The van der Waals surface area contributed by atoms with E-state index in [2.05, 4.69) is 26.0 Å². The van der Waals surface area contributed by atoms with Gasteiger partial charge in [-0.05, 0) is 46.9 Å². The highest BCUT2D eigenvalue weighted by Gasteiger charge is 2.16. The zero-order valence-corrected chi connectivity index (χ0v) is 16.0. The van der Waals surface area contributed by atoms with Crippen molar-refractivity contribution in [3.63, 3.8) is 0 Å². The fourth-order valence-corrected chi connectivity index (χ4v) is 2.78. The number of ether oxygens (including phenoxy) is 2. The molecule has 0 fully saturated rings. The zero-order chi connectivity index (χ0) is 18.5. The Hall–Kier alpha value is -2.89. The molecule has 0 bridgehead atoms. The molecule has 9 nitrogen and oxygen atoms in total. The number of anilines is 1. The monoisotopic (exact) mass is 467 g/mol. The Morgan fingerprint density at radius 2 is 1.85 bits per heavy atom. The Bertz CT molecular complexity index is 916. The normalized spacial score (nSPS) is 10.3. The summed E-state index contributed by atoms with van der Waals surface area (Å²) >= 11 is 2.04. The molecule has 0 unspecified atom stereocenters. The predicted octanol–water partition coefficient (Wildman–Crippen LogP) is 2.51. The van der Waals surface area contributed by atoms with Crippen molar-refractivity contribution in [2.24, 2.45) is 0 Å². The third-order valence-electron chi connectivity index (χ3n) is 3.37. The van der Waals surface area contributed by atoms with Gasteiger partial charge >= 0.3 is 6.01 Å². The molecule has 0 radical (unpaired) electrons. The molecule has 0 saturated carbocycles. The number of hydrazine groups is 1. The van der Waals surface area contributed by atoms with E-state index in [1.54, 1.807) is 36.7 Å². The van der Waals surface area contributed by atoms with Crippen LogP contribution in [-0.4, -0.2) is 35.3 Å². The van der Waals surface area contributed by atoms with Gasteiger partial charge in [0.2, 0.25) is 5.82 Å². The number of halogens is 1. The van der Waals surface area contributed by atoms with E-state index in [0.29, 0.717) is 26.5 Å². The number of methoxy groups -OCH3 is 2. The van der Waals surface area contributed by atoms with E-state index >= 15 is 0 Å². The van der Waals surface area contributed by atoms with Gasteiger partial charge in [0.05, 0.1) is 19.8 Å². The molecule has 3 aromatic rings. The first-order valence-corrected chi connectivity index (χ1v) is 8.42. The molecule has 0 atom stereocenters. The number of hydrogen-bond acceptors (Lipinski definition) is 8. The largest absolute Gasteiger partial charge is 0.493 e. The zero-order valence-electron chi connectivity index (χ0n) is 13.8. The molecule has 26 heavy (non-hydrogen) atoms. The second kappa shape index (κ2) is 7.99. The topological polar surface area (TPSA) is 111 Å². The van der Waals surface area contributed by atoms with Crippen LogP contribution in [0.4, 0.5) is 6.01 Å². The fraction of sp³-hybridized carbons (Fsp3) is 0.125. The minimum absolute atomic E-state index is 0.0562. The molecule has 2 aromatic heterocycles. The number of nitrogens with one attached hydrogen (secondary N) is 2. The van der Waals surface area contributed by atoms with Crippen molar-refractivity contribution in [1.82, 2.24) is 20.6 Å². The van der Waals surface area contributed by atoms with Crippen molar-refractivity contribution < 1.29 is 18.8 Å². The van der Waals surface area contributed by atoms with Crippen LogP contribution in [0.25, 0.3) is 11.4 Å². The molecule has 0 aliphatic rings. The Morgan fingerprint density at radius 3 is 2.54 bits per heavy atom. The molecule has 1 amide bonds. The summed E-state index contributed by atoms with van der Waals surface area (Å²) in [5.41, 5.74) is 6.26. The maximum Gasteiger partial charge on any atom is 0.340 e. The van der Waals surface area contributed by atoms with Crippen LogP contribution in [0.15, 0.2) is 41.2 Å². The highest BCUT2D eigenvalue weighted by molar-refractivity contribution is 14.1. The van der Waals surface area contributed by atoms with E-state index in [1.165, 1.54) is 14.2 Å². The minimum atomic E-state index is -0.390. The number of carbonyl (C=O) groups excluding carboxylic acids is 1. The number of nitrogens with zero attached hydrogens (tertiary/aromatic N) is 3. The van der Waals surface area contributed by atoms with Crippen LogP contribution in [0.1, 0.15) is 10.4 Å². The number of pyridine rings is 1. The van der Waals surface area contributed by atoms with Gasteiger partial charge in [0.25, 0.3) is 5.91 Å². The first-order valence-electron chi connectivity index (χ1n) is 7.34. The van der Waals surface area contributed by atoms with Crippen LogP contribution in [0, 0.1) is 3.57 Å². The molecule has 2 N–H and O–H groups in total. The Labute approximate surface area is 162 Å². The lowest BCUT2D eigenvalue weighted by Gasteiger charge is -2.11. The maximum atomic E-state index is 12.4. The molecule has 134 valence electrons. The second-order valence-corrected chi connectivity index (χ2v) is 6.09. The molecule has 0 aliphatic carbocycles. The summed E-state index contributed by atoms with van der Waals surface area (Å²) in [6.07, 6.45) is 3.25. The van der Waals surface area contributed by atoms with E-state index in [4.69, 9.17) is 14.0 Å². The minimum Gasteiger partial charge on any atom is -0.493 e. The van der Waals surface area contributed by atoms with Crippen LogP contribution >= 0.6 is 22.6 Å². The first-order chi connectivity index (χ1) is 12.6. The van der Waals surface area contributed by atoms with Crippen LogP contribution in [0.3, 0.4) is 0 Å². The Kier molecular flexibility index (Phi) is 5.51. The number of hydrogen-bond donors (Lipinski definition) is 2. The van der Waals surface area contributed by atoms with Crippen molar-refractivity contribution in [1.29, 1.82) is 0 Å². The van der Waals surface area contributed by atoms with E-state index < -0.39 is 0 Å². The highest BCUT2D eigenvalue weighted by Crippen LogP contribution is 2.31. The third-order valence-corrected chi connectivity index (χ3v) is 4.26. The number of rotatable bonds is 6. The van der Waals surface area contributed by atoms with Crippen LogP contribution in [0.5, 0.6) is 11.5 Å². The van der Waals surface area contributed by atoms with Gasteiger partial charge in [0.1, 0.15) is 0 Å². The van der Waals surface area contributed by atoms with Gasteiger partial charge in [-0.1, -0.05) is 5.16 Å². The highest BCUT2D eigenvalue weighted by atomic mass is 127. The molecule has 0 aliphatic heterocycles. The van der Waals surface area contributed by atoms with Gasteiger partial charge in [-0.2, -0.15) is 4.98 Å². The van der Waals surface area contributed by atoms with Crippen LogP contribution in [0.2, 0.25) is 0 Å². The standard InChI is InChI=1S/C16H14IN5O4/c1-24-12-7-10(11(17)8-13(12)25-2)15(23)20-21-16-19-14(22-26-16)9-3-5-18-6-4-9/h3-8H,1-2H3,(H,20,23)(H,19,21,22). The maximum absolute atomic E-state index is 12.4. The summed E-state index contributed by atoms with van der Waals surface area (Å²) in [5, 5.41) is 3.84. The predicted molar refractivity (Wildman–Crippen MR) is 101 cm³/mol. The van der Waals surface area contributed by atoms with Crippen molar-refractivity contribution in [2.75, 3.05) is 19.6 Å². The average Bonchev–Trinajstić information content (AvgIpc) is 3.15. The van der Waals surface area contributed by atoms with E-state index in [9.17, 15) is 4.79 Å². The van der Waals surface area contributed by atoms with Gasteiger partial charge in [-0.25, -0.2) is 5.43 Å². The lowest BCUT2D eigenvalue weighted by atomic mass is 10.2. The number of benzene rings is 1. The fourth-order valence-electron chi connectivity index (χ4n) is 2.10. The van der Waals surface area contributed by atoms with Crippen molar-refractivity contribution in [3.8, 4) is 22.9 Å². The Morgan fingerprint density at radius 1 is 1.15 bits per heavy atom. The quantitative estimate of drug-likeness (QED) is 0.421. The molecule has 0 saturated heterocycles. The smallest absolute Gasteiger partial charge is 0.340 e. The van der Waals surface area contributed by atoms with Gasteiger partial charge in [0.15, 0.2) is 11.5 Å². The van der Waals surface area contributed by atoms with Crippen molar-refractivity contribution in [3.05, 3.63) is 45.8 Å². The Balaban J connectivity index is 1.71. The molecule has 0 spiro atoms. The van der Waals surface area contributed by atoms with E-state index in [-0.39, 0.29) is 11.9 Å². The summed E-state index contributed by atoms with van der Waals surface area (Å²) in [5.74, 6) is 0.986. The lowest BCUT2D eigenvalue weighted by Crippen LogP contribution is -2.30. The molecular weight excluding hydrogens is 453 g/mol. The summed E-state index contributed by atoms with van der Waals surface area (Å²) in [7, 11) is 3.04. The molecule has 2 heterocycles. The van der Waals surface area contributed by atoms with Crippen LogP contribution in [-0.2, 0) is 0 Å². The summed E-state index contributed by atoms with van der Waals surface area (Å²) < 4.78 is 16.2. The number of aromatic nitrogens is 3. The summed E-state index contributed by atoms with van der Waals surface area (Å²) in [6, 6.07) is 6.86. The molecule has 10 heteroatoms. The summed E-state index contributed by atoms with van der Waals surface area (Å²) in [6.45, 7) is 0. The molecular formula is C16H14IN5O4. The van der Waals surface area contributed by atoms with E-state index in [0.717, 1.165) is 5.56 Å². The van der Waals surface area contributed by atoms with Crippen molar-refractivity contribution >= 4 is 34.5 Å². The van der Waals surface area contributed by atoms with Gasteiger partial charge in [-0.3, -0.25) is 15.2 Å². The lowest BCUT2D eigenvalue weighted by molar-refractivity contribution is 0.0959. The first kappa shape index (κ1) is 17.9. The van der Waals surface area contributed by atoms with Crippen LogP contribution < -0.4 is 20.3 Å². The molecule has 3 rings (SSSR count). The SMILES string of the molecule is COc1cc(I)c(C(=O)NNc2nc(-c3ccncc3)no2)cc1OC. The summed E-state index contributed by atoms with van der Waals surface area (Å²) in [4.78, 5) is 20.5. The molecule has 1 aromatic carbocycles. The second-order valence-electron chi connectivity index (χ2n) is 4.93. The number of amides is 1. The third kappa shape index (κ3) is 3.85. The van der Waals surface area contributed by atoms with Gasteiger partial charge in [-0.15, -0.1) is 0 Å².